The van der Waals surface area contributed by atoms with Crippen molar-refractivity contribution in [2.45, 2.75) is 63.8 Å². The van der Waals surface area contributed by atoms with Crippen LogP contribution in [0.25, 0.3) is 0 Å². The molecule has 0 aromatic heterocycles. The quantitative estimate of drug-likeness (QED) is 0.436. The van der Waals surface area contributed by atoms with Crippen LogP contribution in [0.4, 0.5) is 13.2 Å². The highest BCUT2D eigenvalue weighted by Crippen LogP contribution is 2.23. The molecule has 0 aliphatic heterocycles. The average Bonchev–Trinajstić information content (AvgIpc) is 2.33. The van der Waals surface area contributed by atoms with Crippen molar-refractivity contribution in [1.29, 1.82) is 0 Å². The lowest BCUT2D eigenvalue weighted by Gasteiger charge is -2.10. The van der Waals surface area contributed by atoms with Crippen LogP contribution in [-0.4, -0.2) is 29.8 Å². The number of rotatable bonds is 10. The maximum atomic E-state index is 11.9. The van der Waals surface area contributed by atoms with E-state index in [0.29, 0.717) is 13.0 Å². The standard InChI is InChI=1S/C13H23F3O2S/c1-3-9-18-12(17)11(2)19-10-7-5-4-6-8-13(14,15)16/h11H,3-10H2,1-2H3. The lowest BCUT2D eigenvalue weighted by Crippen LogP contribution is -2.17. The molecule has 0 aliphatic rings. The van der Waals surface area contributed by atoms with E-state index in [4.69, 9.17) is 4.74 Å². The summed E-state index contributed by atoms with van der Waals surface area (Å²) in [5.41, 5.74) is 0. The van der Waals surface area contributed by atoms with Crippen LogP contribution in [0.2, 0.25) is 0 Å². The molecule has 0 N–H and O–H groups in total. The Morgan fingerprint density at radius 1 is 1.21 bits per heavy atom. The Morgan fingerprint density at radius 2 is 1.84 bits per heavy atom. The predicted molar refractivity (Wildman–Crippen MR) is 72.3 cm³/mol. The molecule has 0 radical (unpaired) electrons. The highest BCUT2D eigenvalue weighted by Gasteiger charge is 2.25. The first-order valence-corrected chi connectivity index (χ1v) is 7.76. The highest BCUT2D eigenvalue weighted by atomic mass is 32.2. The first-order chi connectivity index (χ1) is 8.87. The molecule has 0 spiro atoms. The highest BCUT2D eigenvalue weighted by molar-refractivity contribution is 8.00. The Hall–Kier alpha value is -0.390. The summed E-state index contributed by atoms with van der Waals surface area (Å²) in [6.07, 6.45) is -1.51. The molecule has 2 nitrogen and oxygen atoms in total. The minimum absolute atomic E-state index is 0.193. The zero-order valence-corrected chi connectivity index (χ0v) is 12.4. The van der Waals surface area contributed by atoms with Gasteiger partial charge in [-0.3, -0.25) is 4.79 Å². The molecule has 19 heavy (non-hydrogen) atoms. The third-order valence-corrected chi connectivity index (χ3v) is 3.72. The molecule has 0 saturated heterocycles. The third kappa shape index (κ3) is 12.4. The Labute approximate surface area is 117 Å². The molecule has 0 heterocycles. The number of hydrogen-bond acceptors (Lipinski definition) is 3. The first kappa shape index (κ1) is 18.6. The lowest BCUT2D eigenvalue weighted by atomic mass is 10.1. The topological polar surface area (TPSA) is 26.3 Å². The number of unbranched alkanes of at least 4 members (excludes halogenated alkanes) is 3. The van der Waals surface area contributed by atoms with E-state index in [9.17, 15) is 18.0 Å². The molecule has 0 aliphatic carbocycles. The van der Waals surface area contributed by atoms with E-state index >= 15 is 0 Å². The van der Waals surface area contributed by atoms with Crippen LogP contribution in [-0.2, 0) is 9.53 Å². The smallest absolute Gasteiger partial charge is 0.389 e. The molecule has 0 aromatic rings. The van der Waals surface area contributed by atoms with Gasteiger partial charge in [0.15, 0.2) is 0 Å². The largest absolute Gasteiger partial charge is 0.465 e. The molecule has 0 rings (SSSR count). The number of hydrogen-bond donors (Lipinski definition) is 0. The number of thioether (sulfide) groups is 1. The van der Waals surface area contributed by atoms with Crippen molar-refractivity contribution in [3.63, 3.8) is 0 Å². The SMILES string of the molecule is CCCOC(=O)C(C)SCCCCCCC(F)(F)F. The normalized spacial score (nSPS) is 13.3. The van der Waals surface area contributed by atoms with Crippen LogP contribution < -0.4 is 0 Å². The van der Waals surface area contributed by atoms with Gasteiger partial charge in [-0.05, 0) is 31.9 Å². The van der Waals surface area contributed by atoms with Crippen molar-refractivity contribution < 1.29 is 22.7 Å². The minimum atomic E-state index is -4.04. The van der Waals surface area contributed by atoms with Gasteiger partial charge in [-0.1, -0.05) is 19.8 Å². The molecule has 114 valence electrons. The summed E-state index contributed by atoms with van der Waals surface area (Å²) in [5.74, 6) is 0.581. The fourth-order valence-corrected chi connectivity index (χ4v) is 2.36. The van der Waals surface area contributed by atoms with Gasteiger partial charge in [-0.25, -0.2) is 0 Å². The molecule has 0 saturated carbocycles. The summed E-state index contributed by atoms with van der Waals surface area (Å²) in [6, 6.07) is 0. The number of esters is 1. The monoisotopic (exact) mass is 300 g/mol. The van der Waals surface area contributed by atoms with Gasteiger partial charge in [-0.2, -0.15) is 13.2 Å². The molecule has 1 atom stereocenters. The van der Waals surface area contributed by atoms with Crippen LogP contribution in [0.5, 0.6) is 0 Å². The zero-order valence-electron chi connectivity index (χ0n) is 11.6. The number of halogens is 3. The molecule has 6 heteroatoms. The molecule has 0 aromatic carbocycles. The summed E-state index contributed by atoms with van der Waals surface area (Å²) in [5, 5.41) is -0.193. The Balaban J connectivity index is 3.41. The first-order valence-electron chi connectivity index (χ1n) is 6.71. The van der Waals surface area contributed by atoms with Gasteiger partial charge in [0, 0.05) is 6.42 Å². The Bertz CT molecular complexity index is 245. The van der Waals surface area contributed by atoms with Crippen LogP contribution >= 0.6 is 11.8 Å². The van der Waals surface area contributed by atoms with E-state index in [1.54, 1.807) is 6.92 Å². The summed E-state index contributed by atoms with van der Waals surface area (Å²) >= 11 is 1.50. The maximum absolute atomic E-state index is 11.9. The van der Waals surface area contributed by atoms with E-state index in [0.717, 1.165) is 25.0 Å². The summed E-state index contributed by atoms with van der Waals surface area (Å²) < 4.78 is 40.6. The minimum Gasteiger partial charge on any atom is -0.465 e. The van der Waals surface area contributed by atoms with E-state index < -0.39 is 12.6 Å². The average molecular weight is 300 g/mol. The predicted octanol–water partition coefficient (Wildman–Crippen LogP) is 4.57. The van der Waals surface area contributed by atoms with Gasteiger partial charge >= 0.3 is 12.1 Å². The van der Waals surface area contributed by atoms with Crippen molar-refractivity contribution in [2.75, 3.05) is 12.4 Å². The molecule has 0 fully saturated rings. The van der Waals surface area contributed by atoms with E-state index in [2.05, 4.69) is 0 Å². The van der Waals surface area contributed by atoms with Crippen LogP contribution in [0.1, 0.15) is 52.4 Å². The van der Waals surface area contributed by atoms with Crippen LogP contribution in [0.3, 0.4) is 0 Å². The van der Waals surface area contributed by atoms with Crippen molar-refractivity contribution in [2.24, 2.45) is 0 Å². The molecule has 0 bridgehead atoms. The Kier molecular flexibility index (Phi) is 10.2. The number of alkyl halides is 3. The van der Waals surface area contributed by atoms with Gasteiger partial charge in [0.05, 0.1) is 11.9 Å². The summed E-state index contributed by atoms with van der Waals surface area (Å²) in [4.78, 5) is 11.4. The molecule has 1 unspecified atom stereocenters. The second-order valence-corrected chi connectivity index (χ2v) is 5.91. The fourth-order valence-electron chi connectivity index (χ4n) is 1.43. The van der Waals surface area contributed by atoms with Gasteiger partial charge in [0.2, 0.25) is 0 Å². The molecular weight excluding hydrogens is 277 g/mol. The zero-order chi connectivity index (χ0) is 14.7. The van der Waals surface area contributed by atoms with Gasteiger partial charge in [-0.15, -0.1) is 11.8 Å². The van der Waals surface area contributed by atoms with E-state index in [1.165, 1.54) is 11.8 Å². The second-order valence-electron chi connectivity index (χ2n) is 4.46. The number of carbonyl (C=O) groups is 1. The maximum Gasteiger partial charge on any atom is 0.389 e. The van der Waals surface area contributed by atoms with Gasteiger partial charge < -0.3 is 4.74 Å². The van der Waals surface area contributed by atoms with Crippen molar-refractivity contribution in [3.05, 3.63) is 0 Å². The number of ether oxygens (including phenoxy) is 1. The molecule has 0 amide bonds. The van der Waals surface area contributed by atoms with E-state index in [1.807, 2.05) is 6.92 Å². The van der Waals surface area contributed by atoms with Crippen LogP contribution in [0, 0.1) is 0 Å². The van der Waals surface area contributed by atoms with Crippen molar-refractivity contribution in [1.82, 2.24) is 0 Å². The number of carbonyl (C=O) groups excluding carboxylic acids is 1. The lowest BCUT2D eigenvalue weighted by molar-refractivity contribution is -0.142. The van der Waals surface area contributed by atoms with Crippen molar-refractivity contribution >= 4 is 17.7 Å². The third-order valence-electron chi connectivity index (χ3n) is 2.50. The fraction of sp³-hybridized carbons (Fsp3) is 0.923. The van der Waals surface area contributed by atoms with E-state index in [-0.39, 0.29) is 17.6 Å². The summed E-state index contributed by atoms with van der Waals surface area (Å²) in [6.45, 7) is 4.18. The summed E-state index contributed by atoms with van der Waals surface area (Å²) in [7, 11) is 0. The van der Waals surface area contributed by atoms with Gasteiger partial charge in [0.25, 0.3) is 0 Å². The van der Waals surface area contributed by atoms with Crippen molar-refractivity contribution in [3.8, 4) is 0 Å². The molecular formula is C13H23F3O2S. The second kappa shape index (κ2) is 10.4. The Morgan fingerprint density at radius 3 is 2.42 bits per heavy atom. The van der Waals surface area contributed by atoms with Gasteiger partial charge in [0.1, 0.15) is 0 Å². The van der Waals surface area contributed by atoms with Crippen LogP contribution in [0.15, 0.2) is 0 Å².